The van der Waals surface area contributed by atoms with Crippen LogP contribution in [0.1, 0.15) is 17.8 Å². The molecule has 2 aromatic rings. The van der Waals surface area contributed by atoms with Gasteiger partial charge in [0.05, 0.1) is 18.0 Å². The van der Waals surface area contributed by atoms with E-state index in [1.54, 1.807) is 25.1 Å². The highest BCUT2D eigenvalue weighted by Gasteiger charge is 2.28. The molecule has 0 fully saturated rings. The Balaban J connectivity index is 2.28. The second kappa shape index (κ2) is 6.23. The number of esters is 1. The number of rotatable bonds is 3. The van der Waals surface area contributed by atoms with Crippen LogP contribution >= 0.6 is 39.5 Å². The molecule has 0 radical (unpaired) electrons. The fourth-order valence-corrected chi connectivity index (χ4v) is 4.33. The molecule has 124 valence electrons. The maximum Gasteiger partial charge on any atom is 0.328 e. The highest BCUT2D eigenvalue weighted by Crippen LogP contribution is 2.35. The number of methoxy groups -OCH3 is 1. The third kappa shape index (κ3) is 2.62. The van der Waals surface area contributed by atoms with Crippen LogP contribution in [0.25, 0.3) is 5.57 Å². The van der Waals surface area contributed by atoms with Gasteiger partial charge < -0.3 is 9.84 Å². The fourth-order valence-electron chi connectivity index (χ4n) is 2.46. The first-order chi connectivity index (χ1) is 11.3. The summed E-state index contributed by atoms with van der Waals surface area (Å²) in [7, 11) is 1.26. The maximum atomic E-state index is 12.3. The van der Waals surface area contributed by atoms with Gasteiger partial charge in [-0.25, -0.2) is 9.79 Å². The van der Waals surface area contributed by atoms with Gasteiger partial charge in [0.15, 0.2) is 3.95 Å². The molecule has 9 heteroatoms. The van der Waals surface area contributed by atoms with E-state index in [0.29, 0.717) is 15.5 Å². The summed E-state index contributed by atoms with van der Waals surface area (Å²) in [5.41, 5.74) is 0.274. The van der Waals surface area contributed by atoms with Crippen molar-refractivity contribution in [2.75, 3.05) is 7.11 Å². The van der Waals surface area contributed by atoms with E-state index in [9.17, 15) is 14.7 Å². The van der Waals surface area contributed by atoms with Crippen molar-refractivity contribution >= 4 is 56.9 Å². The molecule has 0 unspecified atom stereocenters. The van der Waals surface area contributed by atoms with Crippen LogP contribution in [0.2, 0.25) is 0 Å². The molecule has 0 saturated carbocycles. The lowest BCUT2D eigenvalue weighted by Gasteiger charge is -2.12. The number of benzene rings is 1. The van der Waals surface area contributed by atoms with Gasteiger partial charge in [-0.3, -0.25) is 9.36 Å². The summed E-state index contributed by atoms with van der Waals surface area (Å²) in [5.74, 6) is -1.23. The van der Waals surface area contributed by atoms with Crippen molar-refractivity contribution in [3.63, 3.8) is 0 Å². The lowest BCUT2D eigenvalue weighted by molar-refractivity contribution is -0.144. The summed E-state index contributed by atoms with van der Waals surface area (Å²) in [6.45, 7) is 1.56. The Bertz CT molecular complexity index is 1050. The van der Waals surface area contributed by atoms with Gasteiger partial charge >= 0.3 is 5.97 Å². The van der Waals surface area contributed by atoms with Crippen molar-refractivity contribution in [3.05, 3.63) is 42.1 Å². The molecule has 24 heavy (non-hydrogen) atoms. The van der Waals surface area contributed by atoms with Crippen LogP contribution < -0.4 is 10.6 Å². The summed E-state index contributed by atoms with van der Waals surface area (Å²) in [5, 5.41) is 11.7. The zero-order chi connectivity index (χ0) is 17.6. The van der Waals surface area contributed by atoms with Gasteiger partial charge in [0, 0.05) is 9.69 Å². The van der Waals surface area contributed by atoms with Gasteiger partial charge in [0.2, 0.25) is 5.88 Å². The van der Waals surface area contributed by atoms with Crippen LogP contribution in [0.3, 0.4) is 0 Å². The SMILES string of the molecule is COC(=O)[C@@H](C)n1c(O)c(C2=c3cc(Br)ccc3=NC2=O)sc1=S. The fraction of sp³-hybridized carbons (Fsp3) is 0.200. The average Bonchev–Trinajstić information content (AvgIpc) is 3.01. The molecule has 0 spiro atoms. The zero-order valence-corrected chi connectivity index (χ0v) is 15.8. The number of halogens is 1. The zero-order valence-electron chi connectivity index (χ0n) is 12.6. The van der Waals surface area contributed by atoms with Gasteiger partial charge in [-0.1, -0.05) is 15.9 Å². The van der Waals surface area contributed by atoms with Crippen LogP contribution in [0.15, 0.2) is 27.7 Å². The number of hydrogen-bond acceptors (Lipinski definition) is 6. The molecule has 1 amide bonds. The number of aromatic hydroxyl groups is 1. The van der Waals surface area contributed by atoms with E-state index in [0.717, 1.165) is 15.8 Å². The minimum absolute atomic E-state index is 0.241. The van der Waals surface area contributed by atoms with Crippen molar-refractivity contribution in [3.8, 4) is 5.88 Å². The lowest BCUT2D eigenvalue weighted by atomic mass is 10.1. The molecule has 2 heterocycles. The molecule has 3 rings (SSSR count). The van der Waals surface area contributed by atoms with E-state index < -0.39 is 17.9 Å². The Kier molecular flexibility index (Phi) is 4.41. The molecular weight excluding hydrogens is 416 g/mol. The number of carbonyl (C=O) groups is 2. The Morgan fingerprint density at radius 1 is 1.50 bits per heavy atom. The topological polar surface area (TPSA) is 80.9 Å². The number of carbonyl (C=O) groups excluding carboxylic acids is 2. The first-order valence-electron chi connectivity index (χ1n) is 6.80. The molecule has 0 saturated heterocycles. The van der Waals surface area contributed by atoms with Crippen molar-refractivity contribution < 1.29 is 19.4 Å². The van der Waals surface area contributed by atoms with Crippen LogP contribution in [0, 0.1) is 3.95 Å². The second-order valence-corrected chi connectivity index (χ2v) is 7.60. The predicted molar refractivity (Wildman–Crippen MR) is 94.0 cm³/mol. The van der Waals surface area contributed by atoms with Crippen LogP contribution in [-0.2, 0) is 14.3 Å². The van der Waals surface area contributed by atoms with Crippen LogP contribution in [0.4, 0.5) is 0 Å². The van der Waals surface area contributed by atoms with E-state index >= 15 is 0 Å². The standard InChI is InChI=1S/C15H11BrN2O4S2/c1-6(14(21)22-2)18-13(20)11(24-15(18)23)10-8-5-7(16)3-4-9(8)17-12(10)19/h3-6,20H,1-2H3/t6-/m1/s1. The van der Waals surface area contributed by atoms with Gasteiger partial charge in [-0.15, -0.1) is 11.3 Å². The number of hydrogen-bond donors (Lipinski definition) is 1. The molecule has 1 aromatic carbocycles. The number of aromatic nitrogens is 1. The Hall–Kier alpha value is -1.84. The molecule has 6 nitrogen and oxygen atoms in total. The molecular formula is C15H11BrN2O4S2. The Labute approximate surface area is 153 Å². The molecule has 0 bridgehead atoms. The molecule has 1 atom stereocenters. The van der Waals surface area contributed by atoms with Gasteiger partial charge in [-0.2, -0.15) is 0 Å². The van der Waals surface area contributed by atoms with E-state index in [1.807, 2.05) is 0 Å². The molecule has 1 aliphatic heterocycles. The molecule has 0 aliphatic carbocycles. The second-order valence-electron chi connectivity index (χ2n) is 5.04. The number of thiazole rings is 1. The number of nitrogens with zero attached hydrogens (tertiary/aromatic N) is 2. The highest BCUT2D eigenvalue weighted by atomic mass is 79.9. The van der Waals surface area contributed by atoms with E-state index in [4.69, 9.17) is 17.0 Å². The van der Waals surface area contributed by atoms with Crippen molar-refractivity contribution in [1.82, 2.24) is 4.57 Å². The first-order valence-corrected chi connectivity index (χ1v) is 8.82. The average molecular weight is 427 g/mol. The minimum atomic E-state index is -0.802. The van der Waals surface area contributed by atoms with Crippen LogP contribution in [0.5, 0.6) is 5.88 Å². The van der Waals surface area contributed by atoms with Gasteiger partial charge in [-0.05, 0) is 37.3 Å². The lowest BCUT2D eigenvalue weighted by Crippen LogP contribution is -2.23. The summed E-state index contributed by atoms with van der Waals surface area (Å²) in [4.78, 5) is 28.4. The van der Waals surface area contributed by atoms with E-state index in [-0.39, 0.29) is 15.4 Å². The summed E-state index contributed by atoms with van der Waals surface area (Å²) < 4.78 is 7.02. The van der Waals surface area contributed by atoms with Crippen molar-refractivity contribution in [2.45, 2.75) is 13.0 Å². The maximum absolute atomic E-state index is 12.3. The number of ether oxygens (including phenoxy) is 1. The molecule has 1 aromatic heterocycles. The predicted octanol–water partition coefficient (Wildman–Crippen LogP) is 1.84. The van der Waals surface area contributed by atoms with Gasteiger partial charge in [0.1, 0.15) is 10.9 Å². The van der Waals surface area contributed by atoms with Crippen molar-refractivity contribution in [2.24, 2.45) is 4.99 Å². The van der Waals surface area contributed by atoms with E-state index in [2.05, 4.69) is 20.9 Å². The smallest absolute Gasteiger partial charge is 0.328 e. The molecule has 1 aliphatic rings. The Morgan fingerprint density at radius 3 is 2.88 bits per heavy atom. The van der Waals surface area contributed by atoms with Crippen LogP contribution in [-0.4, -0.2) is 28.7 Å². The number of amides is 1. The summed E-state index contributed by atoms with van der Waals surface area (Å²) in [6.07, 6.45) is 0. The van der Waals surface area contributed by atoms with Crippen molar-refractivity contribution in [1.29, 1.82) is 0 Å². The first kappa shape index (κ1) is 17.0. The summed E-state index contributed by atoms with van der Waals surface area (Å²) in [6, 6.07) is 4.46. The Morgan fingerprint density at radius 2 is 2.21 bits per heavy atom. The van der Waals surface area contributed by atoms with E-state index in [1.165, 1.54) is 11.7 Å². The number of fused-ring (bicyclic) bond motifs is 1. The normalized spacial score (nSPS) is 14.3. The molecule has 1 N–H and O–H groups in total. The van der Waals surface area contributed by atoms with Gasteiger partial charge in [0.25, 0.3) is 5.91 Å². The third-order valence-electron chi connectivity index (χ3n) is 3.64. The largest absolute Gasteiger partial charge is 0.493 e. The highest BCUT2D eigenvalue weighted by molar-refractivity contribution is 9.10. The summed E-state index contributed by atoms with van der Waals surface area (Å²) >= 11 is 9.67. The third-order valence-corrected chi connectivity index (χ3v) is 5.54. The monoisotopic (exact) mass is 426 g/mol. The quantitative estimate of drug-likeness (QED) is 0.598. The minimum Gasteiger partial charge on any atom is -0.493 e.